The van der Waals surface area contributed by atoms with Gasteiger partial charge in [0, 0.05) is 19.1 Å². The summed E-state index contributed by atoms with van der Waals surface area (Å²) in [7, 11) is 0. The highest BCUT2D eigenvalue weighted by molar-refractivity contribution is 5.80. The molecule has 1 aliphatic rings. The van der Waals surface area contributed by atoms with Crippen molar-refractivity contribution in [1.82, 2.24) is 4.90 Å². The van der Waals surface area contributed by atoms with Crippen molar-refractivity contribution < 1.29 is 9.53 Å². The Morgan fingerprint density at radius 1 is 1.19 bits per heavy atom. The van der Waals surface area contributed by atoms with E-state index in [4.69, 9.17) is 10.5 Å². The Bertz CT molecular complexity index is 466. The van der Waals surface area contributed by atoms with Crippen LogP contribution >= 0.6 is 0 Å². The molecule has 1 saturated heterocycles. The lowest BCUT2D eigenvalue weighted by molar-refractivity contribution is -0.137. The predicted octanol–water partition coefficient (Wildman–Crippen LogP) is 2.88. The zero-order valence-electron chi connectivity index (χ0n) is 13.0. The number of ether oxygens (including phenoxy) is 1. The van der Waals surface area contributed by atoms with Crippen LogP contribution in [0.2, 0.25) is 0 Å². The molecule has 2 atom stereocenters. The van der Waals surface area contributed by atoms with Gasteiger partial charge in [0.15, 0.2) is 6.10 Å². The third-order valence-corrected chi connectivity index (χ3v) is 3.96. The summed E-state index contributed by atoms with van der Waals surface area (Å²) >= 11 is 0. The molecule has 1 unspecified atom stereocenters. The SMILES string of the molecule is CC(Oc1cccc([C@H](C)N)c1)C(=O)N1CCCCCC1. The summed E-state index contributed by atoms with van der Waals surface area (Å²) in [6.07, 6.45) is 4.17. The molecular formula is C17H26N2O2. The first-order valence-electron chi connectivity index (χ1n) is 7.89. The first-order valence-corrected chi connectivity index (χ1v) is 7.89. The number of hydrogen-bond acceptors (Lipinski definition) is 3. The van der Waals surface area contributed by atoms with Gasteiger partial charge in [0.25, 0.3) is 5.91 Å². The summed E-state index contributed by atoms with van der Waals surface area (Å²) in [4.78, 5) is 14.4. The molecule has 1 aliphatic heterocycles. The Morgan fingerprint density at radius 2 is 1.86 bits per heavy atom. The molecule has 0 saturated carbocycles. The second-order valence-electron chi connectivity index (χ2n) is 5.86. The molecule has 0 aromatic heterocycles. The van der Waals surface area contributed by atoms with Gasteiger partial charge in [-0.3, -0.25) is 4.79 Å². The summed E-state index contributed by atoms with van der Waals surface area (Å²) in [5.74, 6) is 0.795. The van der Waals surface area contributed by atoms with Crippen LogP contribution in [0.25, 0.3) is 0 Å². The molecule has 2 rings (SSSR count). The van der Waals surface area contributed by atoms with E-state index in [1.807, 2.05) is 43.0 Å². The second-order valence-corrected chi connectivity index (χ2v) is 5.86. The van der Waals surface area contributed by atoms with Gasteiger partial charge in [-0.1, -0.05) is 25.0 Å². The number of benzene rings is 1. The summed E-state index contributed by atoms with van der Waals surface area (Å²) in [5, 5.41) is 0. The third-order valence-electron chi connectivity index (χ3n) is 3.96. The van der Waals surface area contributed by atoms with E-state index >= 15 is 0 Å². The van der Waals surface area contributed by atoms with Crippen LogP contribution in [0.1, 0.15) is 51.1 Å². The van der Waals surface area contributed by atoms with E-state index in [1.165, 1.54) is 12.8 Å². The van der Waals surface area contributed by atoms with E-state index in [1.54, 1.807) is 0 Å². The van der Waals surface area contributed by atoms with Crippen molar-refractivity contribution >= 4 is 5.91 Å². The number of nitrogens with zero attached hydrogens (tertiary/aromatic N) is 1. The van der Waals surface area contributed by atoms with Crippen LogP contribution in [0.15, 0.2) is 24.3 Å². The van der Waals surface area contributed by atoms with Crippen LogP contribution in [0, 0.1) is 0 Å². The van der Waals surface area contributed by atoms with Crippen molar-refractivity contribution in [2.24, 2.45) is 5.73 Å². The highest BCUT2D eigenvalue weighted by Gasteiger charge is 2.22. The highest BCUT2D eigenvalue weighted by Crippen LogP contribution is 2.20. The summed E-state index contributed by atoms with van der Waals surface area (Å²) in [6.45, 7) is 5.47. The predicted molar refractivity (Wildman–Crippen MR) is 84.2 cm³/mol. The van der Waals surface area contributed by atoms with Crippen molar-refractivity contribution in [3.63, 3.8) is 0 Å². The van der Waals surface area contributed by atoms with Gasteiger partial charge in [-0.2, -0.15) is 0 Å². The zero-order valence-corrected chi connectivity index (χ0v) is 13.0. The Labute approximate surface area is 127 Å². The van der Waals surface area contributed by atoms with Gasteiger partial charge in [0.05, 0.1) is 0 Å². The quantitative estimate of drug-likeness (QED) is 0.927. The van der Waals surface area contributed by atoms with Gasteiger partial charge in [-0.25, -0.2) is 0 Å². The van der Waals surface area contributed by atoms with Gasteiger partial charge in [-0.05, 0) is 44.4 Å². The lowest BCUT2D eigenvalue weighted by atomic mass is 10.1. The Kier molecular flexibility index (Phi) is 5.62. The fraction of sp³-hybridized carbons (Fsp3) is 0.588. The normalized spacial score (nSPS) is 18.7. The molecule has 1 aromatic rings. The van der Waals surface area contributed by atoms with Crippen molar-refractivity contribution in [3.05, 3.63) is 29.8 Å². The first kappa shape index (κ1) is 15.8. The Balaban J connectivity index is 1.98. The number of carbonyl (C=O) groups excluding carboxylic acids is 1. The van der Waals surface area contributed by atoms with Crippen molar-refractivity contribution in [2.75, 3.05) is 13.1 Å². The molecule has 2 N–H and O–H groups in total. The van der Waals surface area contributed by atoms with E-state index in [9.17, 15) is 4.79 Å². The zero-order chi connectivity index (χ0) is 15.2. The van der Waals surface area contributed by atoms with Crippen LogP contribution in [0.5, 0.6) is 5.75 Å². The number of nitrogens with two attached hydrogens (primary N) is 1. The molecule has 1 amide bonds. The fourth-order valence-corrected chi connectivity index (χ4v) is 2.67. The van der Waals surface area contributed by atoms with Crippen molar-refractivity contribution in [1.29, 1.82) is 0 Å². The minimum atomic E-state index is -0.452. The van der Waals surface area contributed by atoms with Crippen LogP contribution in [0.4, 0.5) is 0 Å². The Morgan fingerprint density at radius 3 is 2.48 bits per heavy atom. The molecule has 1 aromatic carbocycles. The second kappa shape index (κ2) is 7.46. The molecule has 0 bridgehead atoms. The van der Waals surface area contributed by atoms with Crippen LogP contribution < -0.4 is 10.5 Å². The molecular weight excluding hydrogens is 264 g/mol. The average Bonchev–Trinajstić information content (AvgIpc) is 2.75. The number of amides is 1. The minimum Gasteiger partial charge on any atom is -0.481 e. The lowest BCUT2D eigenvalue weighted by Gasteiger charge is -2.24. The van der Waals surface area contributed by atoms with Crippen LogP contribution in [0.3, 0.4) is 0 Å². The van der Waals surface area contributed by atoms with Crippen LogP contribution in [-0.2, 0) is 4.79 Å². The maximum Gasteiger partial charge on any atom is 0.263 e. The largest absolute Gasteiger partial charge is 0.481 e. The molecule has 4 nitrogen and oxygen atoms in total. The van der Waals surface area contributed by atoms with Crippen molar-refractivity contribution in [3.8, 4) is 5.75 Å². The smallest absolute Gasteiger partial charge is 0.263 e. The standard InChI is InChI=1S/C17H26N2O2/c1-13(18)15-8-7-9-16(12-15)21-14(2)17(20)19-10-5-3-4-6-11-19/h7-9,12-14H,3-6,10-11,18H2,1-2H3/t13-,14?/m0/s1. The maximum absolute atomic E-state index is 12.5. The molecule has 21 heavy (non-hydrogen) atoms. The number of hydrogen-bond donors (Lipinski definition) is 1. The van der Waals surface area contributed by atoms with Gasteiger partial charge >= 0.3 is 0 Å². The molecule has 1 fully saturated rings. The molecule has 0 aliphatic carbocycles. The summed E-state index contributed by atoms with van der Waals surface area (Å²) in [6, 6.07) is 7.63. The average molecular weight is 290 g/mol. The topological polar surface area (TPSA) is 55.6 Å². The fourth-order valence-electron chi connectivity index (χ4n) is 2.67. The molecule has 1 heterocycles. The number of rotatable bonds is 4. The van der Waals surface area contributed by atoms with E-state index in [0.29, 0.717) is 5.75 Å². The third kappa shape index (κ3) is 4.46. The minimum absolute atomic E-state index is 0.0369. The maximum atomic E-state index is 12.5. The van der Waals surface area contributed by atoms with Crippen molar-refractivity contribution in [2.45, 2.75) is 51.7 Å². The molecule has 0 spiro atoms. The summed E-state index contributed by atoms with van der Waals surface area (Å²) < 4.78 is 5.81. The Hall–Kier alpha value is -1.55. The highest BCUT2D eigenvalue weighted by atomic mass is 16.5. The molecule has 0 radical (unpaired) electrons. The van der Waals surface area contributed by atoms with E-state index in [0.717, 1.165) is 31.5 Å². The van der Waals surface area contributed by atoms with E-state index in [-0.39, 0.29) is 11.9 Å². The number of likely N-dealkylation sites (tertiary alicyclic amines) is 1. The molecule has 4 heteroatoms. The number of carbonyl (C=O) groups is 1. The molecule has 116 valence electrons. The monoisotopic (exact) mass is 290 g/mol. The van der Waals surface area contributed by atoms with Gasteiger partial charge in [-0.15, -0.1) is 0 Å². The van der Waals surface area contributed by atoms with Gasteiger partial charge < -0.3 is 15.4 Å². The van der Waals surface area contributed by atoms with E-state index < -0.39 is 6.10 Å². The van der Waals surface area contributed by atoms with Crippen LogP contribution in [-0.4, -0.2) is 30.0 Å². The summed E-state index contributed by atoms with van der Waals surface area (Å²) in [5.41, 5.74) is 6.89. The lowest BCUT2D eigenvalue weighted by Crippen LogP contribution is -2.41. The van der Waals surface area contributed by atoms with Gasteiger partial charge in [0.2, 0.25) is 0 Å². The van der Waals surface area contributed by atoms with E-state index in [2.05, 4.69) is 0 Å². The first-order chi connectivity index (χ1) is 10.1. The van der Waals surface area contributed by atoms with Gasteiger partial charge in [0.1, 0.15) is 5.75 Å².